The van der Waals surface area contributed by atoms with Crippen molar-refractivity contribution in [3.63, 3.8) is 0 Å². The fourth-order valence-corrected chi connectivity index (χ4v) is 5.50. The number of carbonyl (C=O) groups excluding carboxylic acids is 2. The summed E-state index contributed by atoms with van der Waals surface area (Å²) in [5.74, 6) is -0.385. The van der Waals surface area contributed by atoms with Gasteiger partial charge in [-0.05, 0) is 88.7 Å². The zero-order valence-corrected chi connectivity index (χ0v) is 25.2. The zero-order valence-electron chi connectivity index (χ0n) is 23.6. The first kappa shape index (κ1) is 31.0. The van der Waals surface area contributed by atoms with Gasteiger partial charge in [0.05, 0.1) is 17.7 Å². The number of ether oxygens (including phenoxy) is 1. The molecule has 0 heterocycles. The van der Waals surface area contributed by atoms with Gasteiger partial charge in [0.1, 0.15) is 18.3 Å². The molecule has 0 aliphatic rings. The Morgan fingerprint density at radius 2 is 1.52 bits per heavy atom. The van der Waals surface area contributed by atoms with Gasteiger partial charge >= 0.3 is 0 Å². The van der Waals surface area contributed by atoms with Gasteiger partial charge in [-0.1, -0.05) is 41.4 Å². The van der Waals surface area contributed by atoms with Crippen molar-refractivity contribution >= 4 is 39.1 Å². The third-order valence-corrected chi connectivity index (χ3v) is 8.22. The van der Waals surface area contributed by atoms with Crippen molar-refractivity contribution in [2.45, 2.75) is 57.6 Å². The number of carbonyl (C=O) groups is 2. The number of hydrogen-bond donors (Lipinski definition) is 1. The van der Waals surface area contributed by atoms with Gasteiger partial charge in [-0.25, -0.2) is 8.42 Å². The number of nitrogens with zero attached hydrogens (tertiary/aromatic N) is 2. The van der Waals surface area contributed by atoms with Crippen molar-refractivity contribution in [3.8, 4) is 5.75 Å². The Labute approximate surface area is 241 Å². The topological polar surface area (TPSA) is 96.0 Å². The molecule has 0 spiro atoms. The highest BCUT2D eigenvalue weighted by atomic mass is 35.5. The molecular weight excluding hydrogens is 550 g/mol. The second-order valence-electron chi connectivity index (χ2n) is 10.6. The van der Waals surface area contributed by atoms with Gasteiger partial charge in [0, 0.05) is 17.1 Å². The molecule has 0 saturated heterocycles. The van der Waals surface area contributed by atoms with Crippen LogP contribution in [0.25, 0.3) is 0 Å². The number of methoxy groups -OCH3 is 1. The molecule has 3 rings (SSSR count). The summed E-state index contributed by atoms with van der Waals surface area (Å²) in [6.45, 7) is 8.75. The van der Waals surface area contributed by atoms with Gasteiger partial charge in [-0.3, -0.25) is 13.9 Å². The third kappa shape index (κ3) is 7.99. The fourth-order valence-electron chi connectivity index (χ4n) is 3.96. The second-order valence-corrected chi connectivity index (χ2v) is 12.9. The minimum Gasteiger partial charge on any atom is -0.497 e. The molecule has 40 heavy (non-hydrogen) atoms. The predicted molar refractivity (Wildman–Crippen MR) is 158 cm³/mol. The first-order valence-corrected chi connectivity index (χ1v) is 14.6. The molecule has 1 N–H and O–H groups in total. The summed E-state index contributed by atoms with van der Waals surface area (Å²) >= 11 is 6.07. The monoisotopic (exact) mass is 585 g/mol. The number of anilines is 1. The molecular formula is C30H36ClN3O5S. The number of halogens is 1. The van der Waals surface area contributed by atoms with Crippen molar-refractivity contribution in [3.05, 3.63) is 88.9 Å². The fraction of sp³-hybridized carbons (Fsp3) is 0.333. The largest absolute Gasteiger partial charge is 0.497 e. The maximum absolute atomic E-state index is 13.9. The number of amides is 2. The normalized spacial score (nSPS) is 12.4. The lowest BCUT2D eigenvalue weighted by atomic mass is 10.1. The van der Waals surface area contributed by atoms with Gasteiger partial charge in [0.15, 0.2) is 0 Å². The minimum absolute atomic E-state index is 0.0142. The number of hydrogen-bond acceptors (Lipinski definition) is 5. The van der Waals surface area contributed by atoms with Crippen LogP contribution in [0.2, 0.25) is 5.02 Å². The Morgan fingerprint density at radius 1 is 0.950 bits per heavy atom. The van der Waals surface area contributed by atoms with Crippen LogP contribution < -0.4 is 14.4 Å². The summed E-state index contributed by atoms with van der Waals surface area (Å²) in [5, 5.41) is 3.34. The molecule has 0 aromatic heterocycles. The lowest BCUT2D eigenvalue weighted by molar-refractivity contribution is -0.140. The van der Waals surface area contributed by atoms with Gasteiger partial charge in [-0.2, -0.15) is 0 Å². The summed E-state index contributed by atoms with van der Waals surface area (Å²) in [5.41, 5.74) is 1.61. The SMILES string of the molecule is COc1ccc(S(=O)(=O)N(CC(=O)N(Cc2ccc(C)cc2)[C@@H](C)C(=O)NC(C)(C)C)c2ccc(Cl)cc2)cc1. The molecule has 2 amide bonds. The van der Waals surface area contributed by atoms with Crippen LogP contribution in [-0.4, -0.2) is 50.4 Å². The lowest BCUT2D eigenvalue weighted by Crippen LogP contribution is -2.54. The van der Waals surface area contributed by atoms with E-state index in [2.05, 4.69) is 5.32 Å². The van der Waals surface area contributed by atoms with E-state index in [1.165, 1.54) is 48.4 Å². The lowest BCUT2D eigenvalue weighted by Gasteiger charge is -2.33. The molecule has 0 aliphatic carbocycles. The maximum Gasteiger partial charge on any atom is 0.264 e. The summed E-state index contributed by atoms with van der Waals surface area (Å²) < 4.78 is 33.9. The molecule has 0 unspecified atom stereocenters. The summed E-state index contributed by atoms with van der Waals surface area (Å²) in [6.07, 6.45) is 0. The van der Waals surface area contributed by atoms with Crippen LogP contribution in [0.1, 0.15) is 38.8 Å². The highest BCUT2D eigenvalue weighted by Gasteiger charge is 2.33. The molecule has 0 bridgehead atoms. The quantitative estimate of drug-likeness (QED) is 0.353. The van der Waals surface area contributed by atoms with E-state index in [9.17, 15) is 18.0 Å². The molecule has 0 fully saturated rings. The number of nitrogens with one attached hydrogen (secondary N) is 1. The summed E-state index contributed by atoms with van der Waals surface area (Å²) in [6, 6.07) is 18.9. The molecule has 0 radical (unpaired) electrons. The van der Waals surface area contributed by atoms with Crippen molar-refractivity contribution in [2.75, 3.05) is 18.0 Å². The van der Waals surface area contributed by atoms with E-state index in [0.717, 1.165) is 15.4 Å². The Hall–Kier alpha value is -3.56. The molecule has 214 valence electrons. The van der Waals surface area contributed by atoms with Crippen LogP contribution in [-0.2, 0) is 26.2 Å². The van der Waals surface area contributed by atoms with E-state index in [-0.39, 0.29) is 23.0 Å². The van der Waals surface area contributed by atoms with Crippen LogP contribution >= 0.6 is 11.6 Å². The van der Waals surface area contributed by atoms with Gasteiger partial charge in [-0.15, -0.1) is 0 Å². The van der Waals surface area contributed by atoms with Gasteiger partial charge in [0.2, 0.25) is 11.8 Å². The average molecular weight is 586 g/mol. The smallest absolute Gasteiger partial charge is 0.264 e. The van der Waals surface area contributed by atoms with E-state index in [4.69, 9.17) is 16.3 Å². The van der Waals surface area contributed by atoms with Crippen molar-refractivity contribution in [1.29, 1.82) is 0 Å². The van der Waals surface area contributed by atoms with Crippen LogP contribution in [0.5, 0.6) is 5.75 Å². The first-order chi connectivity index (χ1) is 18.7. The number of sulfonamides is 1. The standard InChI is InChI=1S/C30H36ClN3O5S/c1-21-7-9-23(10-8-21)19-33(22(2)29(36)32-30(3,4)5)28(35)20-34(25-13-11-24(31)12-14-25)40(37,38)27-17-15-26(39-6)16-18-27/h7-18,22H,19-20H2,1-6H3,(H,32,36)/t22-/m0/s1. The van der Waals surface area contributed by atoms with Gasteiger partial charge in [0.25, 0.3) is 10.0 Å². The summed E-state index contributed by atoms with van der Waals surface area (Å²) in [7, 11) is -2.70. The molecule has 3 aromatic carbocycles. The zero-order chi connectivity index (χ0) is 29.7. The van der Waals surface area contributed by atoms with Crippen molar-refractivity contribution in [1.82, 2.24) is 10.2 Å². The molecule has 1 atom stereocenters. The van der Waals surface area contributed by atoms with Crippen molar-refractivity contribution < 1.29 is 22.7 Å². The number of rotatable bonds is 10. The molecule has 3 aromatic rings. The number of aryl methyl sites for hydroxylation is 1. The predicted octanol–water partition coefficient (Wildman–Crippen LogP) is 5.18. The van der Waals surface area contributed by atoms with E-state index >= 15 is 0 Å². The Bertz CT molecular complexity index is 1420. The van der Waals surface area contributed by atoms with E-state index in [0.29, 0.717) is 10.8 Å². The molecule has 10 heteroatoms. The minimum atomic E-state index is -4.19. The van der Waals surface area contributed by atoms with Crippen molar-refractivity contribution in [2.24, 2.45) is 0 Å². The second kappa shape index (κ2) is 12.7. The van der Waals surface area contributed by atoms with E-state index in [1.807, 2.05) is 52.0 Å². The molecule has 0 saturated carbocycles. The molecule has 0 aliphatic heterocycles. The van der Waals surface area contributed by atoms with Gasteiger partial charge < -0.3 is 15.0 Å². The van der Waals surface area contributed by atoms with Crippen LogP contribution in [0.15, 0.2) is 77.7 Å². The molecule has 8 nitrogen and oxygen atoms in total. The summed E-state index contributed by atoms with van der Waals surface area (Å²) in [4.78, 5) is 28.5. The van der Waals surface area contributed by atoms with Crippen LogP contribution in [0.3, 0.4) is 0 Å². The Balaban J connectivity index is 2.03. The maximum atomic E-state index is 13.9. The highest BCUT2D eigenvalue weighted by molar-refractivity contribution is 7.92. The van der Waals surface area contributed by atoms with E-state index in [1.54, 1.807) is 19.1 Å². The Kier molecular flexibility index (Phi) is 9.87. The first-order valence-electron chi connectivity index (χ1n) is 12.8. The highest BCUT2D eigenvalue weighted by Crippen LogP contribution is 2.27. The Morgan fingerprint density at radius 3 is 2.05 bits per heavy atom. The number of benzene rings is 3. The van der Waals surface area contributed by atoms with Crippen LogP contribution in [0, 0.1) is 6.92 Å². The van der Waals surface area contributed by atoms with E-state index < -0.39 is 34.1 Å². The third-order valence-electron chi connectivity index (χ3n) is 6.18. The van der Waals surface area contributed by atoms with Crippen LogP contribution in [0.4, 0.5) is 5.69 Å². The average Bonchev–Trinajstić information content (AvgIpc) is 2.90.